The standard InChI is InChI=1S/C17H24N6O5S2/c1-4-22(5-2)30(26,27)13-8-6-7-12(9-13)16-20-21-17(23(16)18)29-11-14(24)19-10-15(25)28-3/h6-9H,4-5,10-11,18H2,1-3H3,(H,19,24). The number of amides is 1. The van der Waals surface area contributed by atoms with Crippen LogP contribution in [0.1, 0.15) is 13.8 Å². The van der Waals surface area contributed by atoms with Gasteiger partial charge in [0.05, 0.1) is 17.8 Å². The van der Waals surface area contributed by atoms with E-state index >= 15 is 0 Å². The summed E-state index contributed by atoms with van der Waals surface area (Å²) >= 11 is 1.03. The first-order chi connectivity index (χ1) is 14.2. The Labute approximate surface area is 179 Å². The van der Waals surface area contributed by atoms with Crippen LogP contribution in [0, 0.1) is 0 Å². The number of nitrogen functional groups attached to an aromatic ring is 1. The molecule has 0 atom stereocenters. The second kappa shape index (κ2) is 10.4. The van der Waals surface area contributed by atoms with Crippen LogP contribution in [-0.2, 0) is 24.3 Å². The van der Waals surface area contributed by atoms with Crippen molar-refractivity contribution in [2.75, 3.05) is 38.3 Å². The molecule has 2 rings (SSSR count). The highest BCUT2D eigenvalue weighted by atomic mass is 32.2. The molecule has 0 aliphatic carbocycles. The van der Waals surface area contributed by atoms with Crippen molar-refractivity contribution in [3.63, 3.8) is 0 Å². The molecule has 0 spiro atoms. The van der Waals surface area contributed by atoms with Crippen molar-refractivity contribution < 1.29 is 22.7 Å². The summed E-state index contributed by atoms with van der Waals surface area (Å²) < 4.78 is 32.5. The first kappa shape index (κ1) is 23.6. The minimum absolute atomic E-state index is 0.0390. The van der Waals surface area contributed by atoms with Crippen LogP contribution in [-0.4, -0.2) is 72.0 Å². The maximum absolute atomic E-state index is 12.7. The van der Waals surface area contributed by atoms with E-state index in [-0.39, 0.29) is 28.2 Å². The zero-order valence-electron chi connectivity index (χ0n) is 16.9. The Bertz CT molecular complexity index is 1000. The van der Waals surface area contributed by atoms with Gasteiger partial charge in [0.15, 0.2) is 5.82 Å². The zero-order valence-corrected chi connectivity index (χ0v) is 18.5. The van der Waals surface area contributed by atoms with E-state index in [1.54, 1.807) is 26.0 Å². The lowest BCUT2D eigenvalue weighted by molar-refractivity contribution is -0.140. The lowest BCUT2D eigenvalue weighted by Gasteiger charge is -2.18. The predicted octanol–water partition coefficient (Wildman–Crippen LogP) is 0.0707. The Morgan fingerprint density at radius 2 is 1.97 bits per heavy atom. The molecule has 0 aliphatic heterocycles. The molecule has 1 aromatic carbocycles. The number of thioether (sulfide) groups is 1. The Morgan fingerprint density at radius 1 is 1.27 bits per heavy atom. The average Bonchev–Trinajstić information content (AvgIpc) is 3.11. The Hall–Kier alpha value is -2.64. The molecule has 0 bridgehead atoms. The Kier molecular flexibility index (Phi) is 8.20. The maximum atomic E-state index is 12.7. The summed E-state index contributed by atoms with van der Waals surface area (Å²) in [6.45, 7) is 4.02. The van der Waals surface area contributed by atoms with E-state index in [9.17, 15) is 18.0 Å². The summed E-state index contributed by atoms with van der Waals surface area (Å²) in [6.07, 6.45) is 0. The van der Waals surface area contributed by atoms with Crippen LogP contribution >= 0.6 is 11.8 Å². The van der Waals surface area contributed by atoms with Crippen molar-refractivity contribution in [1.82, 2.24) is 24.5 Å². The molecule has 11 nitrogen and oxygen atoms in total. The largest absolute Gasteiger partial charge is 0.468 e. The normalized spacial score (nSPS) is 11.5. The monoisotopic (exact) mass is 456 g/mol. The fourth-order valence-electron chi connectivity index (χ4n) is 2.50. The topological polar surface area (TPSA) is 150 Å². The maximum Gasteiger partial charge on any atom is 0.325 e. The van der Waals surface area contributed by atoms with E-state index in [1.807, 2.05) is 0 Å². The van der Waals surface area contributed by atoms with Crippen molar-refractivity contribution in [3.8, 4) is 11.4 Å². The molecular formula is C17H24N6O5S2. The summed E-state index contributed by atoms with van der Waals surface area (Å²) in [5, 5.41) is 10.6. The van der Waals surface area contributed by atoms with E-state index in [2.05, 4.69) is 20.3 Å². The molecule has 0 radical (unpaired) electrons. The number of methoxy groups -OCH3 is 1. The van der Waals surface area contributed by atoms with Crippen molar-refractivity contribution in [3.05, 3.63) is 24.3 Å². The molecular weight excluding hydrogens is 432 g/mol. The van der Waals surface area contributed by atoms with E-state index in [0.717, 1.165) is 11.8 Å². The van der Waals surface area contributed by atoms with E-state index in [1.165, 1.54) is 28.2 Å². The number of ether oxygens (including phenoxy) is 1. The molecule has 164 valence electrons. The second-order valence-electron chi connectivity index (χ2n) is 5.93. The summed E-state index contributed by atoms with van der Waals surface area (Å²) in [5.74, 6) is 5.30. The zero-order chi connectivity index (χ0) is 22.3. The second-order valence-corrected chi connectivity index (χ2v) is 8.82. The van der Waals surface area contributed by atoms with Gasteiger partial charge in [0.25, 0.3) is 0 Å². The minimum Gasteiger partial charge on any atom is -0.468 e. The summed E-state index contributed by atoms with van der Waals surface area (Å²) in [7, 11) is -2.41. The molecule has 0 unspecified atom stereocenters. The molecule has 1 aromatic heterocycles. The fourth-order valence-corrected chi connectivity index (χ4v) is 4.70. The number of aromatic nitrogens is 3. The molecule has 0 saturated heterocycles. The lowest BCUT2D eigenvalue weighted by Crippen LogP contribution is -2.31. The van der Waals surface area contributed by atoms with Crippen LogP contribution in [0.2, 0.25) is 0 Å². The van der Waals surface area contributed by atoms with Crippen LogP contribution < -0.4 is 11.2 Å². The number of carbonyl (C=O) groups is 2. The third-order valence-electron chi connectivity index (χ3n) is 4.09. The van der Waals surface area contributed by atoms with Gasteiger partial charge in [-0.1, -0.05) is 37.7 Å². The number of hydrogen-bond donors (Lipinski definition) is 2. The average molecular weight is 457 g/mol. The van der Waals surface area contributed by atoms with Crippen LogP contribution in [0.5, 0.6) is 0 Å². The number of carbonyl (C=O) groups excluding carboxylic acids is 2. The molecule has 0 fully saturated rings. The van der Waals surface area contributed by atoms with Crippen LogP contribution in [0.25, 0.3) is 11.4 Å². The van der Waals surface area contributed by atoms with Gasteiger partial charge in [0.2, 0.25) is 21.1 Å². The van der Waals surface area contributed by atoms with Gasteiger partial charge in [0.1, 0.15) is 6.54 Å². The minimum atomic E-state index is -3.64. The van der Waals surface area contributed by atoms with Gasteiger partial charge in [-0.25, -0.2) is 13.1 Å². The first-order valence-electron chi connectivity index (χ1n) is 9.01. The van der Waals surface area contributed by atoms with Crippen molar-refractivity contribution in [1.29, 1.82) is 0 Å². The number of sulfonamides is 1. The fraction of sp³-hybridized carbons (Fsp3) is 0.412. The quantitative estimate of drug-likeness (QED) is 0.288. The van der Waals surface area contributed by atoms with Gasteiger partial charge in [-0.3, -0.25) is 9.59 Å². The van der Waals surface area contributed by atoms with Crippen LogP contribution in [0.15, 0.2) is 34.3 Å². The van der Waals surface area contributed by atoms with E-state index < -0.39 is 21.9 Å². The molecule has 13 heteroatoms. The number of nitrogens with two attached hydrogens (primary N) is 1. The van der Waals surface area contributed by atoms with Gasteiger partial charge in [-0.05, 0) is 12.1 Å². The van der Waals surface area contributed by atoms with Gasteiger partial charge in [-0.2, -0.15) is 4.31 Å². The third-order valence-corrected chi connectivity index (χ3v) is 7.08. The highest BCUT2D eigenvalue weighted by Crippen LogP contribution is 2.25. The van der Waals surface area contributed by atoms with Crippen molar-refractivity contribution in [2.45, 2.75) is 23.9 Å². The van der Waals surface area contributed by atoms with Gasteiger partial charge in [0, 0.05) is 18.7 Å². The van der Waals surface area contributed by atoms with Crippen LogP contribution in [0.4, 0.5) is 0 Å². The molecule has 30 heavy (non-hydrogen) atoms. The van der Waals surface area contributed by atoms with Crippen molar-refractivity contribution in [2.24, 2.45) is 0 Å². The smallest absolute Gasteiger partial charge is 0.325 e. The number of nitrogens with zero attached hydrogens (tertiary/aromatic N) is 4. The number of hydrogen-bond acceptors (Lipinski definition) is 9. The highest BCUT2D eigenvalue weighted by molar-refractivity contribution is 7.99. The molecule has 0 aliphatic rings. The van der Waals surface area contributed by atoms with Crippen LogP contribution in [0.3, 0.4) is 0 Å². The number of esters is 1. The van der Waals surface area contributed by atoms with E-state index in [0.29, 0.717) is 18.7 Å². The predicted molar refractivity (Wildman–Crippen MR) is 111 cm³/mol. The number of rotatable bonds is 10. The summed E-state index contributed by atoms with van der Waals surface area (Å²) in [4.78, 5) is 23.0. The molecule has 1 amide bonds. The molecule has 3 N–H and O–H groups in total. The Balaban J connectivity index is 2.16. The Morgan fingerprint density at radius 3 is 2.60 bits per heavy atom. The first-order valence-corrected chi connectivity index (χ1v) is 11.4. The van der Waals surface area contributed by atoms with E-state index in [4.69, 9.17) is 5.84 Å². The number of nitrogens with one attached hydrogen (secondary N) is 1. The lowest BCUT2D eigenvalue weighted by atomic mass is 10.2. The highest BCUT2D eigenvalue weighted by Gasteiger charge is 2.23. The molecule has 2 aromatic rings. The number of benzene rings is 1. The SMILES string of the molecule is CCN(CC)S(=O)(=O)c1cccc(-c2nnc(SCC(=O)NCC(=O)OC)n2N)c1. The summed E-state index contributed by atoms with van der Waals surface area (Å²) in [5.41, 5.74) is 0.472. The molecule has 0 saturated carbocycles. The summed E-state index contributed by atoms with van der Waals surface area (Å²) in [6, 6.07) is 6.27. The molecule has 1 heterocycles. The van der Waals surface area contributed by atoms with Gasteiger partial charge in [-0.15, -0.1) is 10.2 Å². The third kappa shape index (κ3) is 5.49. The van der Waals surface area contributed by atoms with Gasteiger partial charge < -0.3 is 15.9 Å². The van der Waals surface area contributed by atoms with Gasteiger partial charge >= 0.3 is 5.97 Å². The van der Waals surface area contributed by atoms with Crippen molar-refractivity contribution >= 4 is 33.7 Å².